The van der Waals surface area contributed by atoms with Gasteiger partial charge in [0.15, 0.2) is 5.96 Å². The molecular formula is C19H24FIN4S. The summed E-state index contributed by atoms with van der Waals surface area (Å²) in [6.07, 6.45) is 2.74. The van der Waals surface area contributed by atoms with Crippen LogP contribution in [0.1, 0.15) is 24.0 Å². The number of rotatable bonds is 6. The standard InChI is InChI=1S/C19H23FN4S.HI/c1-13(15-6-8-25-12-15)10-24-19(21-2)22-7-5-14-11-23-18-4-3-16(20)9-17(14)18;/h3-4,6,8-9,11-13,23H,5,7,10H2,1-2H3,(H2,21,22,24);1H. The number of aromatic amines is 1. The molecular weight excluding hydrogens is 462 g/mol. The van der Waals surface area contributed by atoms with Crippen LogP contribution in [0.15, 0.2) is 46.2 Å². The van der Waals surface area contributed by atoms with Gasteiger partial charge in [-0.25, -0.2) is 4.39 Å². The van der Waals surface area contributed by atoms with E-state index in [0.717, 1.165) is 41.9 Å². The Kier molecular flexibility index (Phi) is 7.89. The Bertz CT molecular complexity index is 844. The van der Waals surface area contributed by atoms with E-state index in [-0.39, 0.29) is 29.8 Å². The smallest absolute Gasteiger partial charge is 0.191 e. The van der Waals surface area contributed by atoms with Gasteiger partial charge in [-0.15, -0.1) is 24.0 Å². The fourth-order valence-electron chi connectivity index (χ4n) is 2.82. The zero-order valence-corrected chi connectivity index (χ0v) is 18.0. The quantitative estimate of drug-likeness (QED) is 0.273. The highest BCUT2D eigenvalue weighted by Gasteiger charge is 2.08. The lowest BCUT2D eigenvalue weighted by Crippen LogP contribution is -2.39. The summed E-state index contributed by atoms with van der Waals surface area (Å²) in [4.78, 5) is 7.45. The van der Waals surface area contributed by atoms with E-state index < -0.39 is 0 Å². The molecule has 0 bridgehead atoms. The lowest BCUT2D eigenvalue weighted by atomic mass is 10.1. The maximum Gasteiger partial charge on any atom is 0.191 e. The summed E-state index contributed by atoms with van der Waals surface area (Å²) in [6, 6.07) is 6.98. The summed E-state index contributed by atoms with van der Waals surface area (Å²) >= 11 is 1.72. The molecule has 3 rings (SSSR count). The van der Waals surface area contributed by atoms with Gasteiger partial charge in [0.1, 0.15) is 5.82 Å². The first-order chi connectivity index (χ1) is 12.2. The molecule has 0 spiro atoms. The summed E-state index contributed by atoms with van der Waals surface area (Å²) in [5, 5.41) is 11.9. The van der Waals surface area contributed by atoms with E-state index >= 15 is 0 Å². The molecule has 7 heteroatoms. The fraction of sp³-hybridized carbons (Fsp3) is 0.316. The molecule has 1 aromatic carbocycles. The van der Waals surface area contributed by atoms with Crippen molar-refractivity contribution in [2.24, 2.45) is 4.99 Å². The first-order valence-electron chi connectivity index (χ1n) is 8.39. The Morgan fingerprint density at radius 3 is 2.88 bits per heavy atom. The summed E-state index contributed by atoms with van der Waals surface area (Å²) in [5.41, 5.74) is 3.40. The number of hydrogen-bond acceptors (Lipinski definition) is 2. The Morgan fingerprint density at radius 2 is 2.15 bits per heavy atom. The third-order valence-electron chi connectivity index (χ3n) is 4.33. The van der Waals surface area contributed by atoms with Gasteiger partial charge in [0.25, 0.3) is 0 Å². The van der Waals surface area contributed by atoms with Gasteiger partial charge < -0.3 is 15.6 Å². The Balaban J connectivity index is 0.00000243. The minimum absolute atomic E-state index is 0. The van der Waals surface area contributed by atoms with Gasteiger partial charge in [-0.3, -0.25) is 4.99 Å². The molecule has 3 aromatic rings. The van der Waals surface area contributed by atoms with E-state index in [0.29, 0.717) is 5.92 Å². The average molecular weight is 486 g/mol. The zero-order chi connectivity index (χ0) is 17.6. The predicted molar refractivity (Wildman–Crippen MR) is 119 cm³/mol. The molecule has 0 fully saturated rings. The molecule has 1 unspecified atom stereocenters. The second kappa shape index (κ2) is 9.91. The maximum absolute atomic E-state index is 13.4. The zero-order valence-electron chi connectivity index (χ0n) is 14.9. The molecule has 140 valence electrons. The van der Waals surface area contributed by atoms with Gasteiger partial charge in [0.2, 0.25) is 0 Å². The van der Waals surface area contributed by atoms with Crippen molar-refractivity contribution < 1.29 is 4.39 Å². The van der Waals surface area contributed by atoms with Gasteiger partial charge in [-0.05, 0) is 58.5 Å². The molecule has 2 aromatic heterocycles. The number of nitrogens with zero attached hydrogens (tertiary/aromatic N) is 1. The van der Waals surface area contributed by atoms with E-state index in [9.17, 15) is 4.39 Å². The summed E-state index contributed by atoms with van der Waals surface area (Å²) < 4.78 is 13.4. The van der Waals surface area contributed by atoms with Gasteiger partial charge in [-0.2, -0.15) is 11.3 Å². The number of benzene rings is 1. The van der Waals surface area contributed by atoms with Crippen LogP contribution in [-0.4, -0.2) is 31.1 Å². The largest absolute Gasteiger partial charge is 0.361 e. The molecule has 0 saturated carbocycles. The summed E-state index contributed by atoms with van der Waals surface area (Å²) in [5.74, 6) is 1.01. The Hall–Kier alpha value is -1.61. The van der Waals surface area contributed by atoms with Crippen molar-refractivity contribution in [3.05, 3.63) is 58.2 Å². The van der Waals surface area contributed by atoms with E-state index in [1.807, 2.05) is 6.20 Å². The van der Waals surface area contributed by atoms with Crippen LogP contribution in [0.25, 0.3) is 10.9 Å². The van der Waals surface area contributed by atoms with Crippen LogP contribution in [0.5, 0.6) is 0 Å². The molecule has 0 amide bonds. The van der Waals surface area contributed by atoms with Crippen LogP contribution in [0, 0.1) is 5.82 Å². The Labute approximate surface area is 174 Å². The SMILES string of the molecule is CN=C(NCCc1c[nH]c2ccc(F)cc12)NCC(C)c1ccsc1.I. The van der Waals surface area contributed by atoms with Gasteiger partial charge in [0, 0.05) is 37.2 Å². The van der Waals surface area contributed by atoms with Crippen LogP contribution >= 0.6 is 35.3 Å². The average Bonchev–Trinajstić information content (AvgIpc) is 3.28. The van der Waals surface area contributed by atoms with Crippen molar-refractivity contribution >= 4 is 52.2 Å². The monoisotopic (exact) mass is 486 g/mol. The number of hydrogen-bond donors (Lipinski definition) is 3. The third kappa shape index (κ3) is 5.20. The predicted octanol–water partition coefficient (Wildman–Crippen LogP) is 4.50. The number of thiophene rings is 1. The van der Waals surface area contributed by atoms with Gasteiger partial charge in [0.05, 0.1) is 0 Å². The molecule has 0 aliphatic rings. The summed E-state index contributed by atoms with van der Waals surface area (Å²) in [6.45, 7) is 3.76. The minimum Gasteiger partial charge on any atom is -0.361 e. The van der Waals surface area contributed by atoms with Crippen LogP contribution in [-0.2, 0) is 6.42 Å². The van der Waals surface area contributed by atoms with Crippen molar-refractivity contribution in [1.82, 2.24) is 15.6 Å². The van der Waals surface area contributed by atoms with Gasteiger partial charge in [-0.1, -0.05) is 6.92 Å². The van der Waals surface area contributed by atoms with E-state index in [1.54, 1.807) is 30.5 Å². The van der Waals surface area contributed by atoms with Crippen LogP contribution in [0.4, 0.5) is 4.39 Å². The highest BCUT2D eigenvalue weighted by Crippen LogP contribution is 2.19. The number of halogens is 2. The van der Waals surface area contributed by atoms with E-state index in [2.05, 4.69) is 44.4 Å². The molecule has 4 nitrogen and oxygen atoms in total. The molecule has 3 N–H and O–H groups in total. The lowest BCUT2D eigenvalue weighted by Gasteiger charge is -2.15. The van der Waals surface area contributed by atoms with Crippen molar-refractivity contribution in [3.8, 4) is 0 Å². The van der Waals surface area contributed by atoms with Gasteiger partial charge >= 0.3 is 0 Å². The topological polar surface area (TPSA) is 52.2 Å². The molecule has 0 saturated heterocycles. The first-order valence-corrected chi connectivity index (χ1v) is 9.34. The summed E-state index contributed by atoms with van der Waals surface area (Å²) in [7, 11) is 1.77. The van der Waals surface area contributed by atoms with Crippen LogP contribution in [0.3, 0.4) is 0 Å². The highest BCUT2D eigenvalue weighted by molar-refractivity contribution is 14.0. The van der Waals surface area contributed by atoms with Crippen LogP contribution < -0.4 is 10.6 Å². The number of guanidine groups is 1. The first kappa shape index (κ1) is 20.7. The van der Waals surface area contributed by atoms with E-state index in [4.69, 9.17) is 0 Å². The Morgan fingerprint density at radius 1 is 1.31 bits per heavy atom. The van der Waals surface area contributed by atoms with Crippen molar-refractivity contribution in [2.45, 2.75) is 19.3 Å². The second-order valence-electron chi connectivity index (χ2n) is 6.09. The lowest BCUT2D eigenvalue weighted by molar-refractivity contribution is 0.629. The van der Waals surface area contributed by atoms with Crippen molar-refractivity contribution in [3.63, 3.8) is 0 Å². The maximum atomic E-state index is 13.4. The molecule has 26 heavy (non-hydrogen) atoms. The third-order valence-corrected chi connectivity index (χ3v) is 5.03. The molecule has 1 atom stereocenters. The molecule has 2 heterocycles. The number of H-pyrrole nitrogens is 1. The fourth-order valence-corrected chi connectivity index (χ4v) is 3.60. The normalized spacial score (nSPS) is 12.7. The van der Waals surface area contributed by atoms with Crippen molar-refractivity contribution in [2.75, 3.05) is 20.1 Å². The molecule has 0 aliphatic heterocycles. The minimum atomic E-state index is -0.207. The highest BCUT2D eigenvalue weighted by atomic mass is 127. The number of nitrogens with one attached hydrogen (secondary N) is 3. The van der Waals surface area contributed by atoms with E-state index in [1.165, 1.54) is 11.6 Å². The number of aromatic nitrogens is 1. The van der Waals surface area contributed by atoms with Crippen molar-refractivity contribution in [1.29, 1.82) is 0 Å². The number of fused-ring (bicyclic) bond motifs is 1. The molecule has 0 radical (unpaired) electrons. The van der Waals surface area contributed by atoms with Crippen LogP contribution in [0.2, 0.25) is 0 Å². The second-order valence-corrected chi connectivity index (χ2v) is 6.87. The number of aliphatic imine (C=N–C) groups is 1. The molecule has 0 aliphatic carbocycles.